The molecule has 1 aromatic carbocycles. The number of carbonyl (C=O) groups excluding carboxylic acids is 2. The molecule has 10 nitrogen and oxygen atoms in total. The second-order valence-corrected chi connectivity index (χ2v) is 7.08. The summed E-state index contributed by atoms with van der Waals surface area (Å²) < 4.78 is 44.2. The first-order chi connectivity index (χ1) is 15.5. The fraction of sp³-hybridized carbons (Fsp3) is 0.250. The standard InChI is InChI=1S/C20H20F3N7O3/c1-9-3-4-11(5-13(9)20(21,22)23)29-18(31)15-6-14(30-33-15)10(2)28-19(32)16-12(7-24)17(25)27-8-26-16/h3-6,8,10H,7,24H2,1-2H3,(H,28,32)(H,29,31)(H2,25,26,27)/t10-/m0/s1. The van der Waals surface area contributed by atoms with Crippen LogP contribution in [-0.4, -0.2) is 26.9 Å². The lowest BCUT2D eigenvalue weighted by Crippen LogP contribution is -2.29. The zero-order valence-electron chi connectivity index (χ0n) is 17.5. The van der Waals surface area contributed by atoms with E-state index < -0.39 is 29.6 Å². The van der Waals surface area contributed by atoms with E-state index in [-0.39, 0.29) is 46.3 Å². The van der Waals surface area contributed by atoms with Gasteiger partial charge in [-0.2, -0.15) is 13.2 Å². The third-order valence-corrected chi connectivity index (χ3v) is 4.74. The summed E-state index contributed by atoms with van der Waals surface area (Å²) in [5.74, 6) is -1.58. The maximum atomic E-state index is 13.1. The number of anilines is 2. The predicted octanol–water partition coefficient (Wildman–Crippen LogP) is 2.58. The highest BCUT2D eigenvalue weighted by Gasteiger charge is 2.32. The van der Waals surface area contributed by atoms with E-state index in [0.717, 1.165) is 12.4 Å². The number of aryl methyl sites for hydroxylation is 1. The lowest BCUT2D eigenvalue weighted by atomic mass is 10.1. The number of alkyl halides is 3. The van der Waals surface area contributed by atoms with Gasteiger partial charge in [-0.05, 0) is 31.5 Å². The number of benzene rings is 1. The summed E-state index contributed by atoms with van der Waals surface area (Å²) in [6, 6.07) is 3.97. The lowest BCUT2D eigenvalue weighted by Gasteiger charge is -2.13. The number of hydrogen-bond acceptors (Lipinski definition) is 8. The molecular formula is C20H20F3N7O3. The second kappa shape index (κ2) is 9.24. The minimum absolute atomic E-state index is 0.00171. The Morgan fingerprint density at radius 3 is 2.58 bits per heavy atom. The van der Waals surface area contributed by atoms with Crippen LogP contribution < -0.4 is 22.1 Å². The van der Waals surface area contributed by atoms with Crippen LogP contribution in [0, 0.1) is 6.92 Å². The minimum Gasteiger partial charge on any atom is -0.383 e. The summed E-state index contributed by atoms with van der Waals surface area (Å²) in [5, 5.41) is 8.70. The Morgan fingerprint density at radius 2 is 1.91 bits per heavy atom. The summed E-state index contributed by atoms with van der Waals surface area (Å²) >= 11 is 0. The zero-order chi connectivity index (χ0) is 24.3. The average molecular weight is 463 g/mol. The smallest absolute Gasteiger partial charge is 0.383 e. The third-order valence-electron chi connectivity index (χ3n) is 4.74. The summed E-state index contributed by atoms with van der Waals surface area (Å²) in [4.78, 5) is 32.6. The van der Waals surface area contributed by atoms with Crippen molar-refractivity contribution in [2.75, 3.05) is 11.1 Å². The van der Waals surface area contributed by atoms with Crippen LogP contribution in [-0.2, 0) is 12.7 Å². The topological polar surface area (TPSA) is 162 Å². The molecule has 13 heteroatoms. The Labute approximate surface area is 185 Å². The summed E-state index contributed by atoms with van der Waals surface area (Å²) in [5.41, 5.74) is 10.9. The van der Waals surface area contributed by atoms with Crippen LogP contribution in [0.5, 0.6) is 0 Å². The van der Waals surface area contributed by atoms with Gasteiger partial charge < -0.3 is 26.6 Å². The normalized spacial score (nSPS) is 12.3. The molecule has 3 rings (SSSR count). The third kappa shape index (κ3) is 5.26. The second-order valence-electron chi connectivity index (χ2n) is 7.08. The molecule has 174 valence electrons. The van der Waals surface area contributed by atoms with Crippen molar-refractivity contribution < 1.29 is 27.3 Å². The quantitative estimate of drug-likeness (QED) is 0.433. The van der Waals surface area contributed by atoms with Crippen LogP contribution in [0.25, 0.3) is 0 Å². The van der Waals surface area contributed by atoms with Gasteiger partial charge in [-0.25, -0.2) is 9.97 Å². The van der Waals surface area contributed by atoms with Gasteiger partial charge in [0.1, 0.15) is 23.5 Å². The molecule has 6 N–H and O–H groups in total. The fourth-order valence-electron chi connectivity index (χ4n) is 2.96. The molecule has 2 aromatic heterocycles. The fourth-order valence-corrected chi connectivity index (χ4v) is 2.96. The van der Waals surface area contributed by atoms with Gasteiger partial charge in [0.25, 0.3) is 11.8 Å². The van der Waals surface area contributed by atoms with Crippen LogP contribution >= 0.6 is 0 Å². The highest BCUT2D eigenvalue weighted by Crippen LogP contribution is 2.33. The molecule has 0 aliphatic heterocycles. The summed E-state index contributed by atoms with van der Waals surface area (Å²) in [6.07, 6.45) is -3.43. The maximum Gasteiger partial charge on any atom is 0.416 e. The Morgan fingerprint density at radius 1 is 1.18 bits per heavy atom. The van der Waals surface area contributed by atoms with Gasteiger partial charge >= 0.3 is 6.18 Å². The van der Waals surface area contributed by atoms with E-state index in [0.29, 0.717) is 0 Å². The Hall–Kier alpha value is -4.00. The molecule has 0 saturated heterocycles. The van der Waals surface area contributed by atoms with E-state index in [2.05, 4.69) is 25.8 Å². The van der Waals surface area contributed by atoms with Gasteiger partial charge in [-0.15, -0.1) is 0 Å². The molecule has 0 unspecified atom stereocenters. The van der Waals surface area contributed by atoms with Crippen molar-refractivity contribution in [1.82, 2.24) is 20.4 Å². The summed E-state index contributed by atoms with van der Waals surface area (Å²) in [6.45, 7) is 2.85. The number of rotatable bonds is 6. The lowest BCUT2D eigenvalue weighted by molar-refractivity contribution is -0.138. The molecule has 0 bridgehead atoms. The molecule has 0 fully saturated rings. The van der Waals surface area contributed by atoms with Crippen LogP contribution in [0.1, 0.15) is 56.4 Å². The van der Waals surface area contributed by atoms with Gasteiger partial charge in [0.2, 0.25) is 5.76 Å². The van der Waals surface area contributed by atoms with E-state index in [9.17, 15) is 22.8 Å². The molecule has 33 heavy (non-hydrogen) atoms. The van der Waals surface area contributed by atoms with Crippen molar-refractivity contribution in [3.8, 4) is 0 Å². The first kappa shape index (κ1) is 23.7. The van der Waals surface area contributed by atoms with Crippen molar-refractivity contribution in [3.05, 3.63) is 64.4 Å². The molecule has 3 aromatic rings. The van der Waals surface area contributed by atoms with Gasteiger partial charge in [0, 0.05) is 23.9 Å². The van der Waals surface area contributed by atoms with Crippen molar-refractivity contribution in [2.24, 2.45) is 5.73 Å². The Balaban J connectivity index is 1.71. The highest BCUT2D eigenvalue weighted by molar-refractivity contribution is 6.02. The van der Waals surface area contributed by atoms with Gasteiger partial charge in [-0.1, -0.05) is 11.2 Å². The number of hydrogen-bond donors (Lipinski definition) is 4. The number of nitrogens with zero attached hydrogens (tertiary/aromatic N) is 3. The SMILES string of the molecule is Cc1ccc(NC(=O)c2cc([C@H](C)NC(=O)c3ncnc(N)c3CN)no2)cc1C(F)(F)F. The van der Waals surface area contributed by atoms with Gasteiger partial charge in [-0.3, -0.25) is 9.59 Å². The van der Waals surface area contributed by atoms with Crippen LogP contribution in [0.3, 0.4) is 0 Å². The maximum absolute atomic E-state index is 13.1. The Kier molecular flexibility index (Phi) is 6.62. The highest BCUT2D eigenvalue weighted by atomic mass is 19.4. The average Bonchev–Trinajstić information content (AvgIpc) is 3.24. The predicted molar refractivity (Wildman–Crippen MR) is 111 cm³/mol. The number of aromatic nitrogens is 3. The molecule has 2 heterocycles. The van der Waals surface area contributed by atoms with Crippen molar-refractivity contribution in [1.29, 1.82) is 0 Å². The van der Waals surface area contributed by atoms with Crippen molar-refractivity contribution >= 4 is 23.3 Å². The van der Waals surface area contributed by atoms with E-state index in [1.54, 1.807) is 6.92 Å². The number of carbonyl (C=O) groups is 2. The van der Waals surface area contributed by atoms with E-state index in [4.69, 9.17) is 16.0 Å². The molecule has 0 radical (unpaired) electrons. The van der Waals surface area contributed by atoms with Crippen molar-refractivity contribution in [3.63, 3.8) is 0 Å². The minimum atomic E-state index is -4.56. The number of amides is 2. The molecule has 0 aliphatic carbocycles. The molecular weight excluding hydrogens is 443 g/mol. The largest absolute Gasteiger partial charge is 0.416 e. The number of nitrogen functional groups attached to an aromatic ring is 1. The van der Waals surface area contributed by atoms with Gasteiger partial charge in [0.05, 0.1) is 11.6 Å². The number of halogens is 3. The molecule has 1 atom stereocenters. The molecule has 2 amide bonds. The van der Waals surface area contributed by atoms with Crippen LogP contribution in [0.15, 0.2) is 35.1 Å². The first-order valence-corrected chi connectivity index (χ1v) is 9.57. The summed E-state index contributed by atoms with van der Waals surface area (Å²) in [7, 11) is 0. The zero-order valence-corrected chi connectivity index (χ0v) is 17.5. The van der Waals surface area contributed by atoms with Crippen LogP contribution in [0.2, 0.25) is 0 Å². The molecule has 0 aliphatic rings. The van der Waals surface area contributed by atoms with E-state index in [1.807, 2.05) is 0 Å². The van der Waals surface area contributed by atoms with Crippen LogP contribution in [0.4, 0.5) is 24.7 Å². The number of nitrogens with two attached hydrogens (primary N) is 2. The first-order valence-electron chi connectivity index (χ1n) is 9.57. The molecule has 0 saturated carbocycles. The monoisotopic (exact) mass is 463 g/mol. The van der Waals surface area contributed by atoms with E-state index in [1.165, 1.54) is 25.1 Å². The Bertz CT molecular complexity index is 1190. The van der Waals surface area contributed by atoms with Gasteiger partial charge in [0.15, 0.2) is 0 Å². The molecule has 0 spiro atoms. The number of nitrogens with one attached hydrogen (secondary N) is 2. The van der Waals surface area contributed by atoms with Crippen molar-refractivity contribution in [2.45, 2.75) is 32.6 Å². The van der Waals surface area contributed by atoms with E-state index >= 15 is 0 Å².